The molecule has 0 fully saturated rings. The highest BCUT2D eigenvalue weighted by atomic mass is 19.1. The van der Waals surface area contributed by atoms with Crippen LogP contribution in [0.4, 0.5) is 4.39 Å². The highest BCUT2D eigenvalue weighted by Crippen LogP contribution is 2.36. The van der Waals surface area contributed by atoms with Gasteiger partial charge in [0.1, 0.15) is 12.4 Å². The zero-order valence-electron chi connectivity index (χ0n) is 23.1. The number of halogens is 1. The molecule has 1 N–H and O–H groups in total. The summed E-state index contributed by atoms with van der Waals surface area (Å²) in [4.78, 5) is 28.0. The summed E-state index contributed by atoms with van der Waals surface area (Å²) in [6.07, 6.45) is 2.53. The Morgan fingerprint density at radius 2 is 1.73 bits per heavy atom. The van der Waals surface area contributed by atoms with Crippen LogP contribution in [0.1, 0.15) is 35.7 Å². The van der Waals surface area contributed by atoms with E-state index in [0.717, 1.165) is 44.1 Å². The Balaban J connectivity index is 1.39. The zero-order chi connectivity index (χ0) is 28.5. The van der Waals surface area contributed by atoms with Crippen LogP contribution in [-0.4, -0.2) is 32.5 Å². The van der Waals surface area contributed by atoms with Crippen molar-refractivity contribution in [3.8, 4) is 0 Å². The Kier molecular flexibility index (Phi) is 7.31. The second kappa shape index (κ2) is 11.2. The largest absolute Gasteiger partial charge is 0.480 e. The number of aliphatic carboxylic acids is 1. The van der Waals surface area contributed by atoms with E-state index in [4.69, 9.17) is 0 Å². The van der Waals surface area contributed by atoms with Gasteiger partial charge in [0.25, 0.3) is 0 Å². The fourth-order valence-corrected chi connectivity index (χ4v) is 6.52. The summed E-state index contributed by atoms with van der Waals surface area (Å²) < 4.78 is 16.2. The van der Waals surface area contributed by atoms with Gasteiger partial charge in [0, 0.05) is 35.1 Å². The van der Waals surface area contributed by atoms with Gasteiger partial charge in [-0.15, -0.1) is 0 Å². The molecule has 1 amide bonds. The monoisotopic (exact) mass is 548 g/mol. The molecule has 5 aromatic rings. The summed E-state index contributed by atoms with van der Waals surface area (Å²) in [5.41, 5.74) is 4.82. The van der Waals surface area contributed by atoms with E-state index in [1.807, 2.05) is 48.2 Å². The average molecular weight is 549 g/mol. The van der Waals surface area contributed by atoms with Crippen molar-refractivity contribution in [2.24, 2.45) is 5.92 Å². The van der Waals surface area contributed by atoms with Gasteiger partial charge in [-0.05, 0) is 71.3 Å². The van der Waals surface area contributed by atoms with Crippen LogP contribution in [0.25, 0.3) is 21.7 Å². The molecule has 1 aromatic heterocycles. The Hall–Kier alpha value is -4.45. The molecule has 0 saturated heterocycles. The van der Waals surface area contributed by atoms with Gasteiger partial charge in [0.15, 0.2) is 0 Å². The van der Waals surface area contributed by atoms with E-state index in [1.54, 1.807) is 10.6 Å². The van der Waals surface area contributed by atoms with Gasteiger partial charge in [-0.2, -0.15) is 0 Å². The minimum absolute atomic E-state index is 0.0932. The van der Waals surface area contributed by atoms with Crippen molar-refractivity contribution in [1.29, 1.82) is 0 Å². The quantitative estimate of drug-likeness (QED) is 0.232. The van der Waals surface area contributed by atoms with E-state index in [9.17, 15) is 19.1 Å². The Labute approximate surface area is 238 Å². The molecule has 1 aliphatic rings. The van der Waals surface area contributed by atoms with Crippen molar-refractivity contribution in [1.82, 2.24) is 9.47 Å². The standard InChI is InChI=1S/C35H33FN2O3/c1-23(18-24-8-3-2-4-9-24)35(41)37(21-26-12-7-11-25-10-5-6-13-29(25)26)28-15-17-33-31(20-28)30-19-27(36)14-16-32(30)38(33)22-34(39)40/h2-14,16,19,23,28H,15,17-18,20-22H2,1H3,(H,39,40). The van der Waals surface area contributed by atoms with E-state index in [0.29, 0.717) is 32.2 Å². The number of aromatic nitrogens is 1. The van der Waals surface area contributed by atoms with Crippen LogP contribution in [-0.2, 0) is 41.9 Å². The number of benzene rings is 4. The number of nitrogens with zero attached hydrogens (tertiary/aromatic N) is 2. The number of carboxylic acids is 1. The number of carboxylic acid groups (broad SMARTS) is 1. The van der Waals surface area contributed by atoms with E-state index in [1.165, 1.54) is 12.1 Å². The summed E-state index contributed by atoms with van der Waals surface area (Å²) in [5, 5.41) is 12.6. The number of amides is 1. The molecule has 0 aliphatic heterocycles. The summed E-state index contributed by atoms with van der Waals surface area (Å²) in [6, 6.07) is 29.0. The topological polar surface area (TPSA) is 62.5 Å². The minimum atomic E-state index is -0.932. The molecule has 1 aliphatic carbocycles. The van der Waals surface area contributed by atoms with Gasteiger partial charge in [0.05, 0.1) is 0 Å². The molecular weight excluding hydrogens is 515 g/mol. The van der Waals surface area contributed by atoms with Crippen molar-refractivity contribution in [3.05, 3.63) is 119 Å². The number of carbonyl (C=O) groups is 2. The lowest BCUT2D eigenvalue weighted by atomic mass is 9.88. The molecule has 0 radical (unpaired) electrons. The molecule has 6 rings (SSSR count). The van der Waals surface area contributed by atoms with Crippen molar-refractivity contribution in [2.45, 2.75) is 51.7 Å². The molecular formula is C35H33FN2O3. The van der Waals surface area contributed by atoms with Crippen LogP contribution in [0, 0.1) is 11.7 Å². The first kappa shape index (κ1) is 26.8. The molecule has 4 aromatic carbocycles. The van der Waals surface area contributed by atoms with E-state index in [2.05, 4.69) is 36.4 Å². The third-order valence-electron chi connectivity index (χ3n) is 8.45. The third-order valence-corrected chi connectivity index (χ3v) is 8.45. The van der Waals surface area contributed by atoms with Gasteiger partial charge in [0.2, 0.25) is 5.91 Å². The smallest absolute Gasteiger partial charge is 0.323 e. The number of hydrogen-bond acceptors (Lipinski definition) is 2. The highest BCUT2D eigenvalue weighted by Gasteiger charge is 2.33. The second-order valence-electron chi connectivity index (χ2n) is 11.2. The predicted molar refractivity (Wildman–Crippen MR) is 159 cm³/mol. The van der Waals surface area contributed by atoms with Crippen molar-refractivity contribution < 1.29 is 19.1 Å². The Morgan fingerprint density at radius 3 is 2.54 bits per heavy atom. The lowest BCUT2D eigenvalue weighted by Gasteiger charge is -2.37. The first-order chi connectivity index (χ1) is 19.9. The highest BCUT2D eigenvalue weighted by molar-refractivity contribution is 5.88. The van der Waals surface area contributed by atoms with Gasteiger partial charge in [-0.25, -0.2) is 4.39 Å². The minimum Gasteiger partial charge on any atom is -0.480 e. The molecule has 0 bridgehead atoms. The molecule has 208 valence electrons. The maximum absolute atomic E-state index is 14.4. The number of carbonyl (C=O) groups excluding carboxylic acids is 1. The average Bonchev–Trinajstić information content (AvgIpc) is 3.27. The molecule has 2 unspecified atom stereocenters. The summed E-state index contributed by atoms with van der Waals surface area (Å²) in [7, 11) is 0. The van der Waals surface area contributed by atoms with Gasteiger partial charge in [-0.3, -0.25) is 9.59 Å². The number of rotatable bonds is 8. The lowest BCUT2D eigenvalue weighted by Crippen LogP contribution is -2.45. The van der Waals surface area contributed by atoms with Gasteiger partial charge >= 0.3 is 5.97 Å². The Morgan fingerprint density at radius 1 is 0.976 bits per heavy atom. The van der Waals surface area contributed by atoms with Crippen LogP contribution >= 0.6 is 0 Å². The maximum Gasteiger partial charge on any atom is 0.323 e. The van der Waals surface area contributed by atoms with E-state index >= 15 is 0 Å². The molecule has 0 spiro atoms. The van der Waals surface area contributed by atoms with Crippen LogP contribution in [0.3, 0.4) is 0 Å². The maximum atomic E-state index is 14.4. The fourth-order valence-electron chi connectivity index (χ4n) is 6.52. The van der Waals surface area contributed by atoms with Crippen LogP contribution in [0.2, 0.25) is 0 Å². The molecule has 41 heavy (non-hydrogen) atoms. The van der Waals surface area contributed by atoms with Gasteiger partial charge in [-0.1, -0.05) is 79.7 Å². The first-order valence-electron chi connectivity index (χ1n) is 14.2. The predicted octanol–water partition coefficient (Wildman–Crippen LogP) is 6.78. The van der Waals surface area contributed by atoms with Crippen molar-refractivity contribution >= 4 is 33.6 Å². The van der Waals surface area contributed by atoms with E-state index < -0.39 is 5.97 Å². The molecule has 1 heterocycles. The molecule has 0 saturated carbocycles. The summed E-state index contributed by atoms with van der Waals surface area (Å²) in [6.45, 7) is 2.30. The first-order valence-corrected chi connectivity index (χ1v) is 14.2. The van der Waals surface area contributed by atoms with E-state index in [-0.39, 0.29) is 30.2 Å². The van der Waals surface area contributed by atoms with Gasteiger partial charge < -0.3 is 14.6 Å². The van der Waals surface area contributed by atoms with Crippen LogP contribution < -0.4 is 0 Å². The number of hydrogen-bond donors (Lipinski definition) is 1. The zero-order valence-corrected chi connectivity index (χ0v) is 23.1. The number of fused-ring (bicyclic) bond motifs is 4. The van der Waals surface area contributed by atoms with Crippen molar-refractivity contribution in [2.75, 3.05) is 0 Å². The summed E-state index contributed by atoms with van der Waals surface area (Å²) in [5.74, 6) is -1.41. The molecule has 5 nitrogen and oxygen atoms in total. The lowest BCUT2D eigenvalue weighted by molar-refractivity contribution is -0.138. The molecule has 6 heteroatoms. The van der Waals surface area contributed by atoms with Crippen LogP contribution in [0.5, 0.6) is 0 Å². The third kappa shape index (κ3) is 5.34. The SMILES string of the molecule is CC(Cc1ccccc1)C(=O)N(Cc1cccc2ccccc12)C1CCc2c(c3cc(F)ccc3n2CC(=O)O)C1. The van der Waals surface area contributed by atoms with Crippen molar-refractivity contribution in [3.63, 3.8) is 0 Å². The second-order valence-corrected chi connectivity index (χ2v) is 11.2. The summed E-state index contributed by atoms with van der Waals surface area (Å²) >= 11 is 0. The fraction of sp³-hybridized carbons (Fsp3) is 0.257. The van der Waals surface area contributed by atoms with Crippen LogP contribution in [0.15, 0.2) is 91.0 Å². The normalized spacial score (nSPS) is 15.5. The Bertz CT molecular complexity index is 1740. The molecule has 2 atom stereocenters.